The molecule has 5 rings (SSSR count). The Morgan fingerprint density at radius 2 is 1.65 bits per heavy atom. The van der Waals surface area contributed by atoms with Crippen molar-refractivity contribution in [3.8, 4) is 52.0 Å². The van der Waals surface area contributed by atoms with Gasteiger partial charge in [0.2, 0.25) is 23.1 Å². The topological polar surface area (TPSA) is 182 Å². The zero-order chi connectivity index (χ0) is 34.5. The highest BCUT2D eigenvalue weighted by Crippen LogP contribution is 2.46. The molecule has 250 valence electrons. The van der Waals surface area contributed by atoms with Gasteiger partial charge in [-0.05, 0) is 54.4 Å². The number of likely N-dealkylation sites (N-methyl/N-ethyl adjacent to an activating group) is 1. The molecule has 4 aromatic rings. The maximum atomic E-state index is 16.2. The van der Waals surface area contributed by atoms with Crippen LogP contribution in [0.25, 0.3) is 0 Å². The lowest BCUT2D eigenvalue weighted by Crippen LogP contribution is -2.23. The lowest BCUT2D eigenvalue weighted by molar-refractivity contribution is -0.136. The van der Waals surface area contributed by atoms with Crippen molar-refractivity contribution < 1.29 is 47.5 Å². The number of benzene rings is 3. The smallest absolute Gasteiger partial charge is 0.303 e. The number of aliphatic imine (C=N–C) groups is 1. The number of aromatic nitrogens is 1. The number of aliphatic carboxylic acids is 1. The minimum Gasteiger partial charge on any atom is -0.504 e. The van der Waals surface area contributed by atoms with Crippen LogP contribution in [-0.2, 0) is 11.2 Å². The Bertz CT molecular complexity index is 1890. The lowest BCUT2D eigenvalue weighted by atomic mass is 10.1. The Labute approximate surface area is 273 Å². The monoisotopic (exact) mass is 663 g/mol. The first-order chi connectivity index (χ1) is 23.0. The van der Waals surface area contributed by atoms with Gasteiger partial charge in [0.25, 0.3) is 11.8 Å². The first-order valence-electron chi connectivity index (χ1n) is 14.4. The number of carboxylic acid groups (broad SMARTS) is 1. The quantitative estimate of drug-likeness (QED) is 0.105. The van der Waals surface area contributed by atoms with Crippen molar-refractivity contribution in [3.05, 3.63) is 82.9 Å². The van der Waals surface area contributed by atoms with E-state index in [4.69, 9.17) is 39.9 Å². The highest BCUT2D eigenvalue weighted by Gasteiger charge is 2.29. The zero-order valence-electron chi connectivity index (χ0n) is 26.0. The summed E-state index contributed by atoms with van der Waals surface area (Å²) in [7, 11) is 4.45. The summed E-state index contributed by atoms with van der Waals surface area (Å²) in [5, 5.41) is 27.2. The molecule has 0 aliphatic carbocycles. The molecule has 0 atom stereocenters. The molecular formula is C33H31F2N5O8. The average molecular weight is 664 g/mol. The van der Waals surface area contributed by atoms with Crippen LogP contribution in [0.3, 0.4) is 0 Å². The van der Waals surface area contributed by atoms with Crippen molar-refractivity contribution >= 4 is 17.6 Å². The number of aromatic hydroxyl groups is 1. The number of carbonyl (C=O) groups is 1. The maximum absolute atomic E-state index is 16.2. The summed E-state index contributed by atoms with van der Waals surface area (Å²) in [6, 6.07) is 13.2. The summed E-state index contributed by atoms with van der Waals surface area (Å²) in [5.41, 5.74) is 6.90. The molecule has 0 amide bonds. The molecule has 2 heterocycles. The van der Waals surface area contributed by atoms with Crippen molar-refractivity contribution in [2.75, 3.05) is 34.4 Å². The number of carboxylic acids is 1. The predicted molar refractivity (Wildman–Crippen MR) is 169 cm³/mol. The normalized spacial score (nSPS) is 12.4. The van der Waals surface area contributed by atoms with E-state index >= 15 is 8.78 Å². The highest BCUT2D eigenvalue weighted by molar-refractivity contribution is 6.00. The van der Waals surface area contributed by atoms with Crippen LogP contribution in [0.5, 0.6) is 52.0 Å². The number of aryl methyl sites for hydroxylation is 1. The molecule has 3 aromatic carbocycles. The standard InChI is InChI=1S/C33H31F2N5O8/c1-40-12-11-38-31(40)19-5-4-6-20(15-19)46-32-26(34)29(27(35)33(39-32)47-22-16-18(30(36)37)8-9-21(22)41)48-28-23(44-2)13-17(7-10-25(42)43)14-24(28)45-3/h4-6,8-9,13-16,41H,7,10-12H2,1-3H3,(H3,36,37)(H,42,43). The van der Waals surface area contributed by atoms with E-state index in [1.165, 1.54) is 50.6 Å². The summed E-state index contributed by atoms with van der Waals surface area (Å²) >= 11 is 0. The molecule has 15 heteroatoms. The Balaban J connectivity index is 1.61. The van der Waals surface area contributed by atoms with Gasteiger partial charge in [-0.1, -0.05) is 12.1 Å². The second-order valence-corrected chi connectivity index (χ2v) is 10.5. The molecule has 1 aliphatic rings. The van der Waals surface area contributed by atoms with Gasteiger partial charge >= 0.3 is 5.97 Å². The maximum Gasteiger partial charge on any atom is 0.303 e. The van der Waals surface area contributed by atoms with Crippen LogP contribution in [0.2, 0.25) is 0 Å². The molecule has 0 unspecified atom stereocenters. The number of pyridine rings is 1. The lowest BCUT2D eigenvalue weighted by Gasteiger charge is -2.19. The number of phenols is 1. The van der Waals surface area contributed by atoms with Crippen LogP contribution in [0.4, 0.5) is 8.78 Å². The molecule has 1 aliphatic heterocycles. The Hall–Kier alpha value is -6.12. The van der Waals surface area contributed by atoms with Gasteiger partial charge in [-0.3, -0.25) is 15.2 Å². The van der Waals surface area contributed by atoms with Gasteiger partial charge in [0.15, 0.2) is 23.0 Å². The molecule has 48 heavy (non-hydrogen) atoms. The van der Waals surface area contributed by atoms with E-state index in [1.807, 2.05) is 11.9 Å². The first kappa shape index (κ1) is 33.2. The number of rotatable bonds is 13. The van der Waals surface area contributed by atoms with Crippen LogP contribution in [0, 0.1) is 17.0 Å². The number of nitrogen functional groups attached to an aromatic ring is 1. The number of methoxy groups -OCH3 is 2. The number of hydrogen-bond donors (Lipinski definition) is 4. The average Bonchev–Trinajstić information content (AvgIpc) is 3.50. The highest BCUT2D eigenvalue weighted by atomic mass is 19.1. The van der Waals surface area contributed by atoms with Crippen molar-refractivity contribution in [2.45, 2.75) is 12.8 Å². The molecule has 5 N–H and O–H groups in total. The number of hydrogen-bond acceptors (Lipinski definition) is 11. The summed E-state index contributed by atoms with van der Waals surface area (Å²) < 4.78 is 60.4. The number of nitrogens with zero attached hydrogens (tertiary/aromatic N) is 3. The molecule has 13 nitrogen and oxygen atoms in total. The minimum atomic E-state index is -1.43. The number of halogens is 2. The van der Waals surface area contributed by atoms with Gasteiger partial charge in [0.1, 0.15) is 17.4 Å². The molecule has 0 bridgehead atoms. The Morgan fingerprint density at radius 1 is 0.958 bits per heavy atom. The fraction of sp³-hybridized carbons (Fsp3) is 0.212. The third kappa shape index (κ3) is 7.14. The van der Waals surface area contributed by atoms with Crippen LogP contribution in [0.15, 0.2) is 59.6 Å². The SMILES string of the molecule is COc1cc(CCC(=O)O)cc(OC)c1Oc1c(F)c(Oc2cccc(C3=NCCN3C)c2)nc(Oc2cc(C(=N)N)ccc2O)c1F. The molecular weight excluding hydrogens is 632 g/mol. The number of nitrogens with one attached hydrogen (secondary N) is 1. The van der Waals surface area contributed by atoms with E-state index in [-0.39, 0.29) is 53.0 Å². The largest absolute Gasteiger partial charge is 0.504 e. The molecule has 0 saturated heterocycles. The Kier molecular flexibility index (Phi) is 9.77. The molecule has 0 radical (unpaired) electrons. The first-order valence-corrected chi connectivity index (χ1v) is 14.4. The summed E-state index contributed by atoms with van der Waals surface area (Å²) in [4.78, 5) is 21.5. The van der Waals surface area contributed by atoms with E-state index in [0.29, 0.717) is 23.5 Å². The van der Waals surface area contributed by atoms with E-state index in [9.17, 15) is 9.90 Å². The fourth-order valence-corrected chi connectivity index (χ4v) is 4.76. The van der Waals surface area contributed by atoms with Crippen LogP contribution >= 0.6 is 0 Å². The van der Waals surface area contributed by atoms with Crippen LogP contribution in [0.1, 0.15) is 23.1 Å². The summed E-state index contributed by atoms with van der Waals surface area (Å²) in [5.74, 6) is -7.05. The number of amidine groups is 2. The second kappa shape index (κ2) is 14.1. The van der Waals surface area contributed by atoms with Crippen molar-refractivity contribution in [2.24, 2.45) is 10.7 Å². The number of nitrogens with two attached hydrogens (primary N) is 1. The van der Waals surface area contributed by atoms with Gasteiger partial charge in [-0.15, -0.1) is 0 Å². The molecule has 0 spiro atoms. The predicted octanol–water partition coefficient (Wildman–Crippen LogP) is 5.45. The van der Waals surface area contributed by atoms with Crippen molar-refractivity contribution in [3.63, 3.8) is 0 Å². The number of phenolic OH excluding ortho intramolecular Hbond substituents is 1. The van der Waals surface area contributed by atoms with Crippen molar-refractivity contribution in [1.82, 2.24) is 9.88 Å². The second-order valence-electron chi connectivity index (χ2n) is 10.5. The van der Waals surface area contributed by atoms with E-state index < -0.39 is 40.9 Å². The van der Waals surface area contributed by atoms with Crippen LogP contribution in [-0.4, -0.2) is 72.1 Å². The Morgan fingerprint density at radius 3 is 2.25 bits per heavy atom. The molecule has 1 aromatic heterocycles. The third-order valence-corrected chi connectivity index (χ3v) is 7.17. The number of ether oxygens (including phenoxy) is 5. The molecule has 0 saturated carbocycles. The molecule has 0 fully saturated rings. The van der Waals surface area contributed by atoms with Gasteiger partial charge in [0.05, 0.1) is 20.8 Å². The van der Waals surface area contributed by atoms with Crippen molar-refractivity contribution in [1.29, 1.82) is 5.41 Å². The third-order valence-electron chi connectivity index (χ3n) is 7.17. The van der Waals surface area contributed by atoms with Gasteiger partial charge in [-0.25, -0.2) is 0 Å². The van der Waals surface area contributed by atoms with Gasteiger partial charge in [0, 0.05) is 31.1 Å². The minimum absolute atomic E-state index is 0.0174. The summed E-state index contributed by atoms with van der Waals surface area (Å²) in [6.45, 7) is 1.33. The van der Waals surface area contributed by atoms with Crippen LogP contribution < -0.4 is 29.4 Å². The van der Waals surface area contributed by atoms with E-state index in [1.54, 1.807) is 18.2 Å². The van der Waals surface area contributed by atoms with Gasteiger partial charge < -0.3 is 44.5 Å². The van der Waals surface area contributed by atoms with Gasteiger partial charge in [-0.2, -0.15) is 13.8 Å². The summed E-state index contributed by atoms with van der Waals surface area (Å²) in [6.07, 6.45) is -0.0790. The van der Waals surface area contributed by atoms with E-state index in [0.717, 1.165) is 6.54 Å². The zero-order valence-corrected chi connectivity index (χ0v) is 26.0. The fourth-order valence-electron chi connectivity index (χ4n) is 4.76. The van der Waals surface area contributed by atoms with E-state index in [2.05, 4.69) is 9.98 Å².